The van der Waals surface area contributed by atoms with Crippen LogP contribution < -0.4 is 0 Å². The van der Waals surface area contributed by atoms with E-state index in [9.17, 15) is 14.0 Å². The lowest BCUT2D eigenvalue weighted by atomic mass is 10.1. The molecule has 1 aliphatic heterocycles. The predicted octanol–water partition coefficient (Wildman–Crippen LogP) is 2.31. The van der Waals surface area contributed by atoms with Crippen LogP contribution in [0.4, 0.5) is 9.18 Å². The zero-order valence-electron chi connectivity index (χ0n) is 13.6. The van der Waals surface area contributed by atoms with Crippen molar-refractivity contribution in [2.45, 2.75) is 20.3 Å². The largest absolute Gasteiger partial charge is 0.449 e. The first-order chi connectivity index (χ1) is 11.0. The lowest BCUT2D eigenvalue weighted by Gasteiger charge is -2.34. The SMILES string of the molecule is CC(C)COC(=O)N1CCN(C(=O)Cc2ccc(F)cc2)CC1. The highest BCUT2D eigenvalue weighted by atomic mass is 19.1. The average molecular weight is 322 g/mol. The van der Waals surface area contributed by atoms with Gasteiger partial charge < -0.3 is 14.5 Å². The van der Waals surface area contributed by atoms with Crippen molar-refractivity contribution in [1.82, 2.24) is 9.80 Å². The fourth-order valence-electron chi connectivity index (χ4n) is 2.36. The molecule has 1 aliphatic rings. The zero-order chi connectivity index (χ0) is 16.8. The second kappa shape index (κ2) is 7.94. The van der Waals surface area contributed by atoms with Crippen molar-refractivity contribution in [2.24, 2.45) is 5.92 Å². The first-order valence-corrected chi connectivity index (χ1v) is 7.89. The van der Waals surface area contributed by atoms with E-state index in [0.29, 0.717) is 38.7 Å². The number of rotatable bonds is 4. The van der Waals surface area contributed by atoms with Crippen LogP contribution in [0.5, 0.6) is 0 Å². The van der Waals surface area contributed by atoms with Gasteiger partial charge in [-0.15, -0.1) is 0 Å². The molecule has 0 aromatic heterocycles. The van der Waals surface area contributed by atoms with Crippen LogP contribution in [0.2, 0.25) is 0 Å². The predicted molar refractivity (Wildman–Crippen MR) is 84.4 cm³/mol. The quantitative estimate of drug-likeness (QED) is 0.855. The summed E-state index contributed by atoms with van der Waals surface area (Å²) in [4.78, 5) is 27.5. The van der Waals surface area contributed by atoms with Gasteiger partial charge in [0.2, 0.25) is 5.91 Å². The molecule has 6 heteroatoms. The van der Waals surface area contributed by atoms with Crippen molar-refractivity contribution in [1.29, 1.82) is 0 Å². The number of carbonyl (C=O) groups is 2. The lowest BCUT2D eigenvalue weighted by Crippen LogP contribution is -2.51. The Bertz CT molecular complexity index is 537. The first kappa shape index (κ1) is 17.2. The number of hydrogen-bond donors (Lipinski definition) is 0. The van der Waals surface area contributed by atoms with Crippen molar-refractivity contribution in [3.05, 3.63) is 35.6 Å². The summed E-state index contributed by atoms with van der Waals surface area (Å²) in [6.45, 7) is 6.33. The maximum Gasteiger partial charge on any atom is 0.409 e. The first-order valence-electron chi connectivity index (χ1n) is 7.89. The summed E-state index contributed by atoms with van der Waals surface area (Å²) in [5, 5.41) is 0. The van der Waals surface area contributed by atoms with E-state index in [-0.39, 0.29) is 24.2 Å². The van der Waals surface area contributed by atoms with Crippen molar-refractivity contribution in [3.63, 3.8) is 0 Å². The maximum absolute atomic E-state index is 12.9. The molecule has 0 bridgehead atoms. The topological polar surface area (TPSA) is 49.9 Å². The highest BCUT2D eigenvalue weighted by Crippen LogP contribution is 2.09. The molecule has 1 aromatic rings. The van der Waals surface area contributed by atoms with Crippen molar-refractivity contribution >= 4 is 12.0 Å². The fraction of sp³-hybridized carbons (Fsp3) is 0.529. The van der Waals surface area contributed by atoms with Crippen LogP contribution in [0.3, 0.4) is 0 Å². The van der Waals surface area contributed by atoms with Gasteiger partial charge in [-0.25, -0.2) is 9.18 Å². The molecule has 0 saturated carbocycles. The Morgan fingerprint density at radius 2 is 1.65 bits per heavy atom. The number of benzene rings is 1. The molecule has 2 amide bonds. The van der Waals surface area contributed by atoms with Crippen LogP contribution in [0.25, 0.3) is 0 Å². The van der Waals surface area contributed by atoms with Crippen molar-refractivity contribution in [3.8, 4) is 0 Å². The normalized spacial score (nSPS) is 15.0. The van der Waals surface area contributed by atoms with Crippen LogP contribution in [0.1, 0.15) is 19.4 Å². The molecule has 0 aliphatic carbocycles. The van der Waals surface area contributed by atoms with Crippen molar-refractivity contribution < 1.29 is 18.7 Å². The van der Waals surface area contributed by atoms with E-state index in [4.69, 9.17) is 4.74 Å². The molecule has 0 unspecified atom stereocenters. The number of halogens is 1. The summed E-state index contributed by atoms with van der Waals surface area (Å²) in [5.74, 6) is -0.0148. The van der Waals surface area contributed by atoms with Crippen molar-refractivity contribution in [2.75, 3.05) is 32.8 Å². The van der Waals surface area contributed by atoms with Gasteiger partial charge in [-0.3, -0.25) is 4.79 Å². The molecule has 0 radical (unpaired) electrons. The van der Waals surface area contributed by atoms with E-state index in [1.54, 1.807) is 21.9 Å². The number of ether oxygens (including phenoxy) is 1. The van der Waals surface area contributed by atoms with Crippen LogP contribution in [-0.4, -0.2) is 54.6 Å². The molecular weight excluding hydrogens is 299 g/mol. The second-order valence-corrected chi connectivity index (χ2v) is 6.14. The third-order valence-corrected chi connectivity index (χ3v) is 3.70. The minimum atomic E-state index is -0.315. The molecule has 1 saturated heterocycles. The monoisotopic (exact) mass is 322 g/mol. The lowest BCUT2D eigenvalue weighted by molar-refractivity contribution is -0.132. The number of hydrogen-bond acceptors (Lipinski definition) is 3. The molecule has 1 aromatic carbocycles. The Balaban J connectivity index is 1.78. The molecule has 126 valence electrons. The Morgan fingerprint density at radius 1 is 1.09 bits per heavy atom. The van der Waals surface area contributed by atoms with E-state index >= 15 is 0 Å². The van der Waals surface area contributed by atoms with E-state index in [1.807, 2.05) is 13.8 Å². The second-order valence-electron chi connectivity index (χ2n) is 6.14. The molecular formula is C17H23FN2O3. The molecule has 23 heavy (non-hydrogen) atoms. The third kappa shape index (κ3) is 5.23. The average Bonchev–Trinajstić information content (AvgIpc) is 2.55. The summed E-state index contributed by atoms with van der Waals surface area (Å²) in [5.41, 5.74) is 0.787. The molecule has 2 rings (SSSR count). The smallest absolute Gasteiger partial charge is 0.409 e. The highest BCUT2D eigenvalue weighted by Gasteiger charge is 2.25. The number of nitrogens with zero attached hydrogens (tertiary/aromatic N) is 2. The molecule has 1 fully saturated rings. The van der Waals surface area contributed by atoms with Gasteiger partial charge in [0.1, 0.15) is 5.82 Å². The Kier molecular flexibility index (Phi) is 5.96. The van der Waals surface area contributed by atoms with Gasteiger partial charge >= 0.3 is 6.09 Å². The maximum atomic E-state index is 12.9. The molecule has 0 N–H and O–H groups in total. The molecule has 5 nitrogen and oxygen atoms in total. The fourth-order valence-corrected chi connectivity index (χ4v) is 2.36. The minimum absolute atomic E-state index is 0.00759. The van der Waals surface area contributed by atoms with Gasteiger partial charge in [0.25, 0.3) is 0 Å². The molecule has 1 heterocycles. The summed E-state index contributed by atoms with van der Waals surface area (Å²) >= 11 is 0. The number of amides is 2. The van der Waals surface area contributed by atoms with Crippen LogP contribution >= 0.6 is 0 Å². The van der Waals surface area contributed by atoms with E-state index < -0.39 is 0 Å². The number of carbonyl (C=O) groups excluding carboxylic acids is 2. The van der Waals surface area contributed by atoms with Gasteiger partial charge in [-0.05, 0) is 23.6 Å². The van der Waals surface area contributed by atoms with Crippen LogP contribution in [0, 0.1) is 11.7 Å². The standard InChI is InChI=1S/C17H23FN2O3/c1-13(2)12-23-17(22)20-9-7-19(8-10-20)16(21)11-14-3-5-15(18)6-4-14/h3-6,13H,7-12H2,1-2H3. The number of piperazine rings is 1. The highest BCUT2D eigenvalue weighted by molar-refractivity contribution is 5.79. The Morgan fingerprint density at radius 3 is 2.22 bits per heavy atom. The summed E-state index contributed by atoms with van der Waals surface area (Å²) in [7, 11) is 0. The van der Waals surface area contributed by atoms with E-state index in [2.05, 4.69) is 0 Å². The van der Waals surface area contributed by atoms with E-state index in [0.717, 1.165) is 5.56 Å². The zero-order valence-corrected chi connectivity index (χ0v) is 13.6. The summed E-state index contributed by atoms with van der Waals surface area (Å²) < 4.78 is 18.1. The molecule has 0 spiro atoms. The van der Waals surface area contributed by atoms with Gasteiger partial charge in [-0.2, -0.15) is 0 Å². The van der Waals surface area contributed by atoms with E-state index in [1.165, 1.54) is 12.1 Å². The van der Waals surface area contributed by atoms with Gasteiger partial charge in [0.15, 0.2) is 0 Å². The Hall–Kier alpha value is -2.11. The summed E-state index contributed by atoms with van der Waals surface area (Å²) in [6, 6.07) is 5.94. The van der Waals surface area contributed by atoms with Gasteiger partial charge in [-0.1, -0.05) is 26.0 Å². The van der Waals surface area contributed by atoms with Gasteiger partial charge in [0.05, 0.1) is 13.0 Å². The van der Waals surface area contributed by atoms with Crippen LogP contribution in [0.15, 0.2) is 24.3 Å². The van der Waals surface area contributed by atoms with Crippen LogP contribution in [-0.2, 0) is 16.0 Å². The summed E-state index contributed by atoms with van der Waals surface area (Å²) in [6.07, 6.45) is -0.0673. The minimum Gasteiger partial charge on any atom is -0.449 e. The molecule has 0 atom stereocenters. The third-order valence-electron chi connectivity index (χ3n) is 3.70. The Labute approximate surface area is 136 Å². The van der Waals surface area contributed by atoms with Gasteiger partial charge in [0, 0.05) is 26.2 Å².